The molecule has 2 aliphatic rings. The molecule has 2 aromatic carbocycles. The van der Waals surface area contributed by atoms with Crippen molar-refractivity contribution in [3.05, 3.63) is 76.5 Å². The van der Waals surface area contributed by atoms with Crippen molar-refractivity contribution in [1.29, 1.82) is 0 Å². The number of methoxy groups -OCH3 is 2. The molecule has 150 valence electrons. The molecule has 1 atom stereocenters. The molecule has 6 nitrogen and oxygen atoms in total. The van der Waals surface area contributed by atoms with Crippen LogP contribution in [0.2, 0.25) is 0 Å². The predicted molar refractivity (Wildman–Crippen MR) is 116 cm³/mol. The van der Waals surface area contributed by atoms with Crippen LogP contribution in [-0.2, 0) is 0 Å². The molecule has 2 heterocycles. The van der Waals surface area contributed by atoms with E-state index in [9.17, 15) is 0 Å². The predicted octanol–water partition coefficient (Wildman–Crippen LogP) is 2.95. The maximum Gasteiger partial charge on any atom is 0.194 e. The molecule has 0 radical (unpaired) electrons. The molecule has 29 heavy (non-hydrogen) atoms. The van der Waals surface area contributed by atoms with Crippen LogP contribution in [0.15, 0.2) is 70.4 Å². The molecule has 3 N–H and O–H groups in total. The number of nitrogens with one attached hydrogen (secondary N) is 1. The molecule has 0 aromatic heterocycles. The van der Waals surface area contributed by atoms with E-state index >= 15 is 0 Å². The summed E-state index contributed by atoms with van der Waals surface area (Å²) in [6.07, 6.45) is 2.18. The largest absolute Gasteiger partial charge is 0.497 e. The Morgan fingerprint density at radius 1 is 1.07 bits per heavy atom. The summed E-state index contributed by atoms with van der Waals surface area (Å²) in [5.74, 6) is 2.08. The number of nitrogens with two attached hydrogens (primary N) is 1. The molecule has 0 saturated heterocycles. The molecule has 1 unspecified atom stereocenters. The van der Waals surface area contributed by atoms with Gasteiger partial charge in [-0.25, -0.2) is 4.99 Å². The Bertz CT molecular complexity index is 1010. The van der Waals surface area contributed by atoms with E-state index in [1.807, 2.05) is 36.4 Å². The molecule has 6 heteroatoms. The third-order valence-corrected chi connectivity index (χ3v) is 5.22. The zero-order chi connectivity index (χ0) is 20.4. The van der Waals surface area contributed by atoms with E-state index < -0.39 is 0 Å². The van der Waals surface area contributed by atoms with Crippen molar-refractivity contribution in [2.45, 2.75) is 6.04 Å². The Kier molecular flexibility index (Phi) is 5.27. The Morgan fingerprint density at radius 3 is 2.55 bits per heavy atom. The number of ether oxygens (including phenoxy) is 2. The molecule has 0 amide bonds. The van der Waals surface area contributed by atoms with Crippen molar-refractivity contribution in [2.24, 2.45) is 10.7 Å². The third-order valence-electron chi connectivity index (χ3n) is 5.22. The molecule has 4 rings (SSSR count). The van der Waals surface area contributed by atoms with Crippen LogP contribution in [0.3, 0.4) is 0 Å². The van der Waals surface area contributed by atoms with E-state index in [4.69, 9.17) is 20.2 Å². The smallest absolute Gasteiger partial charge is 0.194 e. The second kappa shape index (κ2) is 8.01. The van der Waals surface area contributed by atoms with Crippen molar-refractivity contribution >= 4 is 12.0 Å². The van der Waals surface area contributed by atoms with Crippen LogP contribution in [-0.4, -0.2) is 45.2 Å². The minimum absolute atomic E-state index is 0.141. The van der Waals surface area contributed by atoms with Crippen LogP contribution in [0.25, 0.3) is 6.08 Å². The average Bonchev–Trinajstić information content (AvgIpc) is 2.74. The van der Waals surface area contributed by atoms with Gasteiger partial charge in [0.1, 0.15) is 17.5 Å². The van der Waals surface area contributed by atoms with Crippen molar-refractivity contribution in [3.8, 4) is 11.5 Å². The number of benzene rings is 2. The van der Waals surface area contributed by atoms with Crippen LogP contribution in [0.5, 0.6) is 11.5 Å². The van der Waals surface area contributed by atoms with Gasteiger partial charge in [-0.2, -0.15) is 0 Å². The van der Waals surface area contributed by atoms with Gasteiger partial charge >= 0.3 is 0 Å². The van der Waals surface area contributed by atoms with E-state index in [0.717, 1.165) is 41.4 Å². The highest BCUT2D eigenvalue weighted by molar-refractivity contribution is 5.84. The lowest BCUT2D eigenvalue weighted by molar-refractivity contribution is 0.368. The fraction of sp³-hybridized carbons (Fsp3) is 0.261. The molecular weight excluding hydrogens is 364 g/mol. The quantitative estimate of drug-likeness (QED) is 0.840. The van der Waals surface area contributed by atoms with Gasteiger partial charge in [-0.05, 0) is 59.7 Å². The van der Waals surface area contributed by atoms with E-state index in [-0.39, 0.29) is 6.04 Å². The van der Waals surface area contributed by atoms with Gasteiger partial charge in [0.25, 0.3) is 0 Å². The number of guanidine groups is 1. The Morgan fingerprint density at radius 2 is 1.79 bits per heavy atom. The average molecular weight is 390 g/mol. The standard InChI is InChI=1S/C23H26N4O2/c1-27-13-17(10-15-6-4-8-18(11-15)28-2)22-20(14-27)21(25-23(24)26-22)16-7-5-9-19(12-16)29-3/h4-12,21H,13-14H2,1-3H3,(H3,24,25,26)/b17-10+. The summed E-state index contributed by atoms with van der Waals surface area (Å²) in [6.45, 7) is 1.64. The normalized spacial score (nSPS) is 20.7. The van der Waals surface area contributed by atoms with Gasteiger partial charge in [-0.3, -0.25) is 4.90 Å². The second-order valence-corrected chi connectivity index (χ2v) is 7.34. The summed E-state index contributed by atoms with van der Waals surface area (Å²) in [7, 11) is 5.47. The van der Waals surface area contributed by atoms with Crippen molar-refractivity contribution < 1.29 is 9.47 Å². The summed E-state index contributed by atoms with van der Waals surface area (Å²) in [4.78, 5) is 7.00. The maximum absolute atomic E-state index is 6.19. The first-order chi connectivity index (χ1) is 14.1. The van der Waals surface area contributed by atoms with Gasteiger partial charge < -0.3 is 20.5 Å². The van der Waals surface area contributed by atoms with Gasteiger partial charge in [0.15, 0.2) is 5.96 Å². The summed E-state index contributed by atoms with van der Waals surface area (Å²) in [6, 6.07) is 15.9. The van der Waals surface area contributed by atoms with Crippen LogP contribution in [0.4, 0.5) is 0 Å². The first-order valence-corrected chi connectivity index (χ1v) is 9.58. The topological polar surface area (TPSA) is 72.1 Å². The highest BCUT2D eigenvalue weighted by Crippen LogP contribution is 2.37. The van der Waals surface area contributed by atoms with Gasteiger partial charge in [-0.1, -0.05) is 24.3 Å². The number of nitrogens with zero attached hydrogens (tertiary/aromatic N) is 2. The van der Waals surface area contributed by atoms with Crippen molar-refractivity contribution in [1.82, 2.24) is 10.2 Å². The van der Waals surface area contributed by atoms with Gasteiger partial charge in [0.05, 0.1) is 14.2 Å². The molecular formula is C23H26N4O2. The minimum atomic E-state index is -0.141. The van der Waals surface area contributed by atoms with Crippen molar-refractivity contribution in [2.75, 3.05) is 34.4 Å². The Hall–Kier alpha value is -3.25. The molecule has 0 saturated carbocycles. The molecule has 2 aromatic rings. The van der Waals surface area contributed by atoms with E-state index in [1.165, 1.54) is 11.1 Å². The summed E-state index contributed by atoms with van der Waals surface area (Å²) < 4.78 is 10.8. The molecule has 0 bridgehead atoms. The van der Waals surface area contributed by atoms with E-state index in [2.05, 4.69) is 35.5 Å². The molecule has 0 fully saturated rings. The lowest BCUT2D eigenvalue weighted by Crippen LogP contribution is -2.43. The van der Waals surface area contributed by atoms with E-state index in [0.29, 0.717) is 5.96 Å². The fourth-order valence-electron chi connectivity index (χ4n) is 3.90. The summed E-state index contributed by atoms with van der Waals surface area (Å²) >= 11 is 0. The van der Waals surface area contributed by atoms with Gasteiger partial charge in [0, 0.05) is 18.8 Å². The van der Waals surface area contributed by atoms with Gasteiger partial charge in [-0.15, -0.1) is 0 Å². The van der Waals surface area contributed by atoms with Crippen molar-refractivity contribution in [3.63, 3.8) is 0 Å². The maximum atomic E-state index is 6.19. The molecule has 2 aliphatic heterocycles. The number of hydrogen-bond acceptors (Lipinski definition) is 6. The lowest BCUT2D eigenvalue weighted by Gasteiger charge is -2.36. The lowest BCUT2D eigenvalue weighted by atomic mass is 9.89. The number of hydrogen-bond donors (Lipinski definition) is 2. The fourth-order valence-corrected chi connectivity index (χ4v) is 3.90. The first kappa shape index (κ1) is 19.1. The summed E-state index contributed by atoms with van der Waals surface area (Å²) in [5.41, 5.74) is 11.8. The zero-order valence-corrected chi connectivity index (χ0v) is 17.0. The second-order valence-electron chi connectivity index (χ2n) is 7.34. The molecule has 0 aliphatic carbocycles. The zero-order valence-electron chi connectivity index (χ0n) is 17.0. The highest BCUT2D eigenvalue weighted by Gasteiger charge is 2.31. The van der Waals surface area contributed by atoms with Crippen LogP contribution in [0, 0.1) is 0 Å². The molecule has 0 spiro atoms. The third kappa shape index (κ3) is 3.98. The van der Waals surface area contributed by atoms with Crippen LogP contribution < -0.4 is 20.5 Å². The van der Waals surface area contributed by atoms with E-state index in [1.54, 1.807) is 14.2 Å². The number of likely N-dealkylation sites (N-methyl/N-ethyl adjacent to an activating group) is 1. The Labute approximate surface area is 171 Å². The van der Waals surface area contributed by atoms with Gasteiger partial charge in [0.2, 0.25) is 0 Å². The number of rotatable bonds is 4. The van der Waals surface area contributed by atoms with Crippen LogP contribution in [0.1, 0.15) is 17.2 Å². The Balaban J connectivity index is 1.78. The number of aliphatic imine (C=N–C) groups is 1. The highest BCUT2D eigenvalue weighted by atomic mass is 16.5. The minimum Gasteiger partial charge on any atom is -0.497 e. The van der Waals surface area contributed by atoms with Crippen LogP contribution >= 0.6 is 0 Å². The monoisotopic (exact) mass is 390 g/mol. The SMILES string of the molecule is COc1cccc(/C=C2\CN(C)CC3=C2NC(N)=NC3c2cccc(OC)c2)c1. The first-order valence-electron chi connectivity index (χ1n) is 9.58. The summed E-state index contributed by atoms with van der Waals surface area (Å²) in [5, 5.41) is 3.32.